The zero-order chi connectivity index (χ0) is 12.0. The van der Waals surface area contributed by atoms with Gasteiger partial charge in [-0.25, -0.2) is 0 Å². The Kier molecular flexibility index (Phi) is 5.72. The quantitative estimate of drug-likeness (QED) is 0.533. The van der Waals surface area contributed by atoms with E-state index >= 15 is 0 Å². The summed E-state index contributed by atoms with van der Waals surface area (Å²) in [6.07, 6.45) is 5.45. The Morgan fingerprint density at radius 1 is 1.31 bits per heavy atom. The summed E-state index contributed by atoms with van der Waals surface area (Å²) in [6, 6.07) is 0. The zero-order valence-corrected chi connectivity index (χ0v) is 11.1. The summed E-state index contributed by atoms with van der Waals surface area (Å²) in [4.78, 5) is 1.99. The van der Waals surface area contributed by atoms with E-state index in [2.05, 4.69) is 6.92 Å². The summed E-state index contributed by atoms with van der Waals surface area (Å²) in [7, 11) is -1.41. The molecule has 1 unspecified atom stereocenters. The topological polar surface area (TPSA) is 46.6 Å². The molecule has 0 N–H and O–H groups in total. The van der Waals surface area contributed by atoms with E-state index in [1.807, 2.05) is 11.9 Å². The summed E-state index contributed by atoms with van der Waals surface area (Å²) in [5.41, 5.74) is 0. The lowest BCUT2D eigenvalue weighted by Crippen LogP contribution is -2.39. The highest BCUT2D eigenvalue weighted by molar-refractivity contribution is 7.86. The molecule has 4 nitrogen and oxygen atoms in total. The SMILES string of the molecule is CCCCCS(=O)(=O)OC1CCCCN1C. The lowest BCUT2D eigenvalue weighted by Gasteiger charge is -2.31. The Balaban J connectivity index is 2.38. The molecule has 0 bridgehead atoms. The van der Waals surface area contributed by atoms with Crippen LogP contribution in [0, 0.1) is 0 Å². The van der Waals surface area contributed by atoms with Gasteiger partial charge in [-0.05, 0) is 32.7 Å². The average Bonchev–Trinajstić information content (AvgIpc) is 2.21. The Labute approximate surface area is 99.1 Å². The Morgan fingerprint density at radius 2 is 2.06 bits per heavy atom. The minimum Gasteiger partial charge on any atom is -0.280 e. The Bertz CT molecular complexity index is 290. The fourth-order valence-electron chi connectivity index (χ4n) is 1.91. The Morgan fingerprint density at radius 3 is 2.69 bits per heavy atom. The molecule has 96 valence electrons. The van der Waals surface area contributed by atoms with Crippen LogP contribution in [-0.2, 0) is 14.3 Å². The van der Waals surface area contributed by atoms with E-state index in [0.717, 1.165) is 38.6 Å². The van der Waals surface area contributed by atoms with Gasteiger partial charge in [-0.1, -0.05) is 19.8 Å². The van der Waals surface area contributed by atoms with E-state index < -0.39 is 10.1 Å². The van der Waals surface area contributed by atoms with Crippen molar-refractivity contribution in [2.75, 3.05) is 19.3 Å². The van der Waals surface area contributed by atoms with E-state index in [0.29, 0.717) is 6.42 Å². The van der Waals surface area contributed by atoms with Crippen molar-refractivity contribution < 1.29 is 12.6 Å². The minimum atomic E-state index is -3.33. The summed E-state index contributed by atoms with van der Waals surface area (Å²) >= 11 is 0. The first-order valence-corrected chi connectivity index (χ1v) is 7.74. The third-order valence-electron chi connectivity index (χ3n) is 2.96. The minimum absolute atomic E-state index is 0.158. The number of rotatable bonds is 6. The van der Waals surface area contributed by atoms with Gasteiger partial charge in [-0.3, -0.25) is 9.08 Å². The maximum Gasteiger partial charge on any atom is 0.268 e. The molecule has 0 saturated carbocycles. The highest BCUT2D eigenvalue weighted by atomic mass is 32.2. The largest absolute Gasteiger partial charge is 0.280 e. The molecule has 5 heteroatoms. The van der Waals surface area contributed by atoms with E-state index in [4.69, 9.17) is 4.18 Å². The molecule has 0 aliphatic carbocycles. The highest BCUT2D eigenvalue weighted by Crippen LogP contribution is 2.18. The van der Waals surface area contributed by atoms with Gasteiger partial charge in [-0.15, -0.1) is 0 Å². The molecule has 0 radical (unpaired) electrons. The summed E-state index contributed by atoms with van der Waals surface area (Å²) in [5.74, 6) is 0.158. The molecular formula is C11H23NO3S. The van der Waals surface area contributed by atoms with Crippen molar-refractivity contribution in [1.82, 2.24) is 4.90 Å². The summed E-state index contributed by atoms with van der Waals surface area (Å²) < 4.78 is 28.6. The molecule has 0 aromatic carbocycles. The average molecular weight is 249 g/mol. The second-order valence-corrected chi connectivity index (χ2v) is 6.21. The summed E-state index contributed by atoms with van der Waals surface area (Å²) in [6.45, 7) is 2.98. The monoisotopic (exact) mass is 249 g/mol. The van der Waals surface area contributed by atoms with E-state index in [1.165, 1.54) is 0 Å². The standard InChI is InChI=1S/C11H23NO3S/c1-3-4-7-10-16(13,14)15-11-8-5-6-9-12(11)2/h11H,3-10H2,1-2H3. The number of hydrogen-bond acceptors (Lipinski definition) is 4. The Hall–Kier alpha value is -0.130. The predicted octanol–water partition coefficient (Wildman–Crippen LogP) is 1.96. The van der Waals surface area contributed by atoms with Crippen LogP contribution in [0.25, 0.3) is 0 Å². The van der Waals surface area contributed by atoms with Gasteiger partial charge in [0.25, 0.3) is 10.1 Å². The molecule has 16 heavy (non-hydrogen) atoms. The molecule has 1 aliphatic heterocycles. The first-order chi connectivity index (χ1) is 7.55. The number of hydrogen-bond donors (Lipinski definition) is 0. The van der Waals surface area contributed by atoms with Gasteiger partial charge < -0.3 is 0 Å². The fourth-order valence-corrected chi connectivity index (χ4v) is 3.15. The normalized spacial score (nSPS) is 23.5. The maximum atomic E-state index is 11.7. The molecule has 1 saturated heterocycles. The fraction of sp³-hybridized carbons (Fsp3) is 1.00. The van der Waals surface area contributed by atoms with Crippen LogP contribution < -0.4 is 0 Å². The van der Waals surface area contributed by atoms with Crippen molar-refractivity contribution in [3.05, 3.63) is 0 Å². The molecule has 0 amide bonds. The first kappa shape index (κ1) is 13.9. The zero-order valence-electron chi connectivity index (χ0n) is 10.3. The second kappa shape index (κ2) is 6.57. The van der Waals surface area contributed by atoms with Crippen LogP contribution in [0.3, 0.4) is 0 Å². The van der Waals surface area contributed by atoms with Gasteiger partial charge in [0.05, 0.1) is 5.75 Å². The molecule has 1 atom stereocenters. The van der Waals surface area contributed by atoms with Crippen LogP contribution in [0.2, 0.25) is 0 Å². The number of likely N-dealkylation sites (tertiary alicyclic amines) is 1. The molecule has 1 rings (SSSR count). The lowest BCUT2D eigenvalue weighted by atomic mass is 10.1. The van der Waals surface area contributed by atoms with Crippen molar-refractivity contribution >= 4 is 10.1 Å². The van der Waals surface area contributed by atoms with E-state index in [-0.39, 0.29) is 12.0 Å². The molecule has 0 aromatic heterocycles. The molecule has 1 heterocycles. The van der Waals surface area contributed by atoms with Gasteiger partial charge in [0, 0.05) is 6.54 Å². The van der Waals surface area contributed by atoms with Crippen LogP contribution >= 0.6 is 0 Å². The molecule has 1 fully saturated rings. The first-order valence-electron chi connectivity index (χ1n) is 6.16. The van der Waals surface area contributed by atoms with Gasteiger partial charge in [0.15, 0.2) is 0 Å². The summed E-state index contributed by atoms with van der Waals surface area (Å²) in [5, 5.41) is 0. The van der Waals surface area contributed by atoms with Gasteiger partial charge in [0.1, 0.15) is 6.23 Å². The highest BCUT2D eigenvalue weighted by Gasteiger charge is 2.25. The van der Waals surface area contributed by atoms with Crippen molar-refractivity contribution in [3.8, 4) is 0 Å². The van der Waals surface area contributed by atoms with Crippen molar-refractivity contribution in [1.29, 1.82) is 0 Å². The second-order valence-electron chi connectivity index (χ2n) is 4.50. The van der Waals surface area contributed by atoms with Crippen LogP contribution in [0.1, 0.15) is 45.4 Å². The van der Waals surface area contributed by atoms with Gasteiger partial charge >= 0.3 is 0 Å². The molecule has 0 spiro atoms. The van der Waals surface area contributed by atoms with Gasteiger partial charge in [-0.2, -0.15) is 8.42 Å². The maximum absolute atomic E-state index is 11.7. The number of unbranched alkanes of at least 4 members (excludes halogenated alkanes) is 2. The van der Waals surface area contributed by atoms with E-state index in [9.17, 15) is 8.42 Å². The van der Waals surface area contributed by atoms with Crippen LogP contribution in [-0.4, -0.2) is 38.9 Å². The lowest BCUT2D eigenvalue weighted by molar-refractivity contribution is 0.0203. The van der Waals surface area contributed by atoms with Crippen molar-refractivity contribution in [3.63, 3.8) is 0 Å². The number of piperidine rings is 1. The van der Waals surface area contributed by atoms with Crippen molar-refractivity contribution in [2.45, 2.75) is 51.7 Å². The number of nitrogens with zero attached hydrogens (tertiary/aromatic N) is 1. The van der Waals surface area contributed by atoms with Gasteiger partial charge in [0.2, 0.25) is 0 Å². The molecule has 1 aliphatic rings. The van der Waals surface area contributed by atoms with E-state index in [1.54, 1.807) is 0 Å². The van der Waals surface area contributed by atoms with Crippen LogP contribution in [0.15, 0.2) is 0 Å². The third-order valence-corrected chi connectivity index (χ3v) is 4.26. The third kappa shape index (κ3) is 4.80. The van der Waals surface area contributed by atoms with Crippen LogP contribution in [0.4, 0.5) is 0 Å². The molecule has 0 aromatic rings. The smallest absolute Gasteiger partial charge is 0.268 e. The molecular weight excluding hydrogens is 226 g/mol. The van der Waals surface area contributed by atoms with Crippen LogP contribution in [0.5, 0.6) is 0 Å². The van der Waals surface area contributed by atoms with Crippen molar-refractivity contribution in [2.24, 2.45) is 0 Å². The predicted molar refractivity (Wildman–Crippen MR) is 64.7 cm³/mol.